The summed E-state index contributed by atoms with van der Waals surface area (Å²) in [5.41, 5.74) is 3.54. The van der Waals surface area contributed by atoms with Crippen molar-refractivity contribution < 1.29 is 9.53 Å². The van der Waals surface area contributed by atoms with E-state index in [1.165, 1.54) is 0 Å². The summed E-state index contributed by atoms with van der Waals surface area (Å²) in [6.45, 7) is 7.06. The van der Waals surface area contributed by atoms with E-state index in [0.717, 1.165) is 48.0 Å². The molecule has 2 aromatic carbocycles. The van der Waals surface area contributed by atoms with Crippen LogP contribution in [0.5, 0.6) is 0 Å². The average molecular weight is 432 g/mol. The second kappa shape index (κ2) is 10.2. The maximum atomic E-state index is 12.8. The largest absolute Gasteiger partial charge is 0.378 e. The third-order valence-electron chi connectivity index (χ3n) is 5.51. The summed E-state index contributed by atoms with van der Waals surface area (Å²) in [5, 5.41) is 6.30. The number of hydrogen-bond acceptors (Lipinski definition) is 6. The molecular formula is C25H29N5O2. The maximum Gasteiger partial charge on any atom is 0.231 e. The van der Waals surface area contributed by atoms with Crippen LogP contribution >= 0.6 is 0 Å². The van der Waals surface area contributed by atoms with E-state index in [1.54, 1.807) is 0 Å². The molecule has 4 rings (SSSR count). The van der Waals surface area contributed by atoms with Crippen molar-refractivity contribution >= 4 is 29.0 Å². The van der Waals surface area contributed by atoms with E-state index >= 15 is 0 Å². The van der Waals surface area contributed by atoms with Crippen LogP contribution in [0.1, 0.15) is 30.5 Å². The SMILES string of the molecule is CC[C@@H](C(=O)Nc1ccc(Nc2nc(C)cc(N3CCOCC3)n2)cc1)c1ccccc1. The lowest BCUT2D eigenvalue weighted by Gasteiger charge is -2.28. The topological polar surface area (TPSA) is 79.4 Å². The van der Waals surface area contributed by atoms with Crippen molar-refractivity contribution in [1.82, 2.24) is 9.97 Å². The molecule has 7 heteroatoms. The molecule has 1 saturated heterocycles. The molecule has 0 spiro atoms. The van der Waals surface area contributed by atoms with Gasteiger partial charge < -0.3 is 20.3 Å². The van der Waals surface area contributed by atoms with Crippen molar-refractivity contribution in [2.24, 2.45) is 0 Å². The van der Waals surface area contributed by atoms with Gasteiger partial charge in [0.05, 0.1) is 19.1 Å². The van der Waals surface area contributed by atoms with Crippen molar-refractivity contribution in [2.75, 3.05) is 41.8 Å². The molecule has 0 aliphatic carbocycles. The van der Waals surface area contributed by atoms with E-state index in [0.29, 0.717) is 19.2 Å². The van der Waals surface area contributed by atoms with Crippen molar-refractivity contribution in [3.8, 4) is 0 Å². The first kappa shape index (κ1) is 21.8. The summed E-state index contributed by atoms with van der Waals surface area (Å²) in [7, 11) is 0. The fourth-order valence-corrected chi connectivity index (χ4v) is 3.82. The number of nitrogens with one attached hydrogen (secondary N) is 2. The Balaban J connectivity index is 1.42. The van der Waals surface area contributed by atoms with E-state index in [9.17, 15) is 4.79 Å². The Morgan fingerprint density at radius 1 is 1.03 bits per heavy atom. The number of carbonyl (C=O) groups is 1. The van der Waals surface area contributed by atoms with Gasteiger partial charge in [0, 0.05) is 36.2 Å². The highest BCUT2D eigenvalue weighted by Crippen LogP contribution is 2.24. The van der Waals surface area contributed by atoms with Gasteiger partial charge >= 0.3 is 0 Å². The van der Waals surface area contributed by atoms with E-state index in [1.807, 2.05) is 74.5 Å². The number of benzene rings is 2. The van der Waals surface area contributed by atoms with Crippen LogP contribution in [-0.2, 0) is 9.53 Å². The maximum absolute atomic E-state index is 12.8. The van der Waals surface area contributed by atoms with Crippen LogP contribution in [0.3, 0.4) is 0 Å². The third-order valence-corrected chi connectivity index (χ3v) is 5.51. The summed E-state index contributed by atoms with van der Waals surface area (Å²) in [6, 6.07) is 19.5. The zero-order valence-corrected chi connectivity index (χ0v) is 18.5. The average Bonchev–Trinajstić information content (AvgIpc) is 2.82. The number of nitrogens with zero attached hydrogens (tertiary/aromatic N) is 3. The van der Waals surface area contributed by atoms with E-state index < -0.39 is 0 Å². The lowest BCUT2D eigenvalue weighted by atomic mass is 9.95. The first-order valence-electron chi connectivity index (χ1n) is 11.0. The summed E-state index contributed by atoms with van der Waals surface area (Å²) < 4.78 is 5.43. The van der Waals surface area contributed by atoms with Crippen LogP contribution in [0, 0.1) is 6.92 Å². The third kappa shape index (κ3) is 5.42. The molecule has 7 nitrogen and oxygen atoms in total. The minimum atomic E-state index is -0.173. The molecule has 2 N–H and O–H groups in total. The fraction of sp³-hybridized carbons (Fsp3) is 0.320. The van der Waals surface area contributed by atoms with Crippen LogP contribution in [0.4, 0.5) is 23.1 Å². The predicted molar refractivity (Wildman–Crippen MR) is 128 cm³/mol. The van der Waals surface area contributed by atoms with Crippen molar-refractivity contribution in [2.45, 2.75) is 26.2 Å². The van der Waals surface area contributed by atoms with Gasteiger partial charge in [-0.2, -0.15) is 4.98 Å². The first-order chi connectivity index (χ1) is 15.6. The van der Waals surface area contributed by atoms with Crippen molar-refractivity contribution in [3.63, 3.8) is 0 Å². The van der Waals surface area contributed by atoms with Gasteiger partial charge in [-0.1, -0.05) is 37.3 Å². The standard InChI is InChI=1S/C25H29N5O2/c1-3-22(19-7-5-4-6-8-19)24(31)27-20-9-11-21(12-10-20)28-25-26-18(2)17-23(29-25)30-13-15-32-16-14-30/h4-12,17,22H,3,13-16H2,1-2H3,(H,27,31)(H,26,28,29)/t22-/m1/s1. The zero-order chi connectivity index (χ0) is 22.3. The number of rotatable bonds is 7. The predicted octanol–water partition coefficient (Wildman–Crippen LogP) is 4.50. The zero-order valence-electron chi connectivity index (χ0n) is 18.5. The molecule has 0 saturated carbocycles. The van der Waals surface area contributed by atoms with Gasteiger partial charge in [-0.05, 0) is 43.2 Å². The van der Waals surface area contributed by atoms with Gasteiger partial charge in [0.1, 0.15) is 5.82 Å². The van der Waals surface area contributed by atoms with Gasteiger partial charge in [-0.15, -0.1) is 0 Å². The number of aryl methyl sites for hydroxylation is 1. The molecule has 1 amide bonds. The number of anilines is 4. The number of hydrogen-bond donors (Lipinski definition) is 2. The number of amides is 1. The normalized spacial score (nSPS) is 14.6. The second-order valence-electron chi connectivity index (χ2n) is 7.85. The molecule has 1 aromatic heterocycles. The Labute approximate surface area is 188 Å². The molecule has 1 aliphatic heterocycles. The van der Waals surface area contributed by atoms with E-state index in [-0.39, 0.29) is 11.8 Å². The fourth-order valence-electron chi connectivity index (χ4n) is 3.82. The van der Waals surface area contributed by atoms with Crippen LogP contribution in [0.25, 0.3) is 0 Å². The Kier molecular flexibility index (Phi) is 6.97. The summed E-state index contributed by atoms with van der Waals surface area (Å²) in [4.78, 5) is 24.2. The van der Waals surface area contributed by atoms with Crippen molar-refractivity contribution in [1.29, 1.82) is 0 Å². The highest BCUT2D eigenvalue weighted by molar-refractivity contribution is 5.96. The number of ether oxygens (including phenoxy) is 1. The van der Waals surface area contributed by atoms with Crippen LogP contribution < -0.4 is 15.5 Å². The molecule has 0 unspecified atom stereocenters. The summed E-state index contributed by atoms with van der Waals surface area (Å²) in [6.07, 6.45) is 0.742. The summed E-state index contributed by atoms with van der Waals surface area (Å²) >= 11 is 0. The Morgan fingerprint density at radius 2 is 1.72 bits per heavy atom. The first-order valence-corrected chi connectivity index (χ1v) is 11.0. The number of morpholine rings is 1. The van der Waals surface area contributed by atoms with E-state index in [2.05, 4.69) is 25.5 Å². The second-order valence-corrected chi connectivity index (χ2v) is 7.85. The van der Waals surface area contributed by atoms with Gasteiger partial charge in [0.15, 0.2) is 0 Å². The molecule has 0 radical (unpaired) electrons. The molecule has 1 aliphatic rings. The monoisotopic (exact) mass is 431 g/mol. The van der Waals surface area contributed by atoms with Gasteiger partial charge in [0.2, 0.25) is 11.9 Å². The Hall–Kier alpha value is -3.45. The summed E-state index contributed by atoms with van der Waals surface area (Å²) in [5.74, 6) is 1.28. The van der Waals surface area contributed by atoms with Gasteiger partial charge in [-0.25, -0.2) is 4.98 Å². The highest BCUT2D eigenvalue weighted by atomic mass is 16.5. The molecule has 32 heavy (non-hydrogen) atoms. The molecular weight excluding hydrogens is 402 g/mol. The molecule has 3 aromatic rings. The minimum Gasteiger partial charge on any atom is -0.378 e. The van der Waals surface area contributed by atoms with E-state index in [4.69, 9.17) is 4.74 Å². The van der Waals surface area contributed by atoms with Crippen LogP contribution in [-0.4, -0.2) is 42.2 Å². The lowest BCUT2D eigenvalue weighted by molar-refractivity contribution is -0.117. The lowest BCUT2D eigenvalue weighted by Crippen LogP contribution is -2.36. The number of aromatic nitrogens is 2. The molecule has 1 fully saturated rings. The Morgan fingerprint density at radius 3 is 2.41 bits per heavy atom. The molecule has 1 atom stereocenters. The smallest absolute Gasteiger partial charge is 0.231 e. The van der Waals surface area contributed by atoms with Gasteiger partial charge in [0.25, 0.3) is 0 Å². The molecule has 166 valence electrons. The molecule has 2 heterocycles. The van der Waals surface area contributed by atoms with Gasteiger partial charge in [-0.3, -0.25) is 4.79 Å². The minimum absolute atomic E-state index is 0.00317. The Bertz CT molecular complexity index is 1030. The van der Waals surface area contributed by atoms with Crippen LogP contribution in [0.15, 0.2) is 60.7 Å². The molecule has 0 bridgehead atoms. The quantitative estimate of drug-likeness (QED) is 0.574. The number of carbonyl (C=O) groups excluding carboxylic acids is 1. The van der Waals surface area contributed by atoms with Crippen molar-refractivity contribution in [3.05, 3.63) is 71.9 Å². The highest BCUT2D eigenvalue weighted by Gasteiger charge is 2.18. The van der Waals surface area contributed by atoms with Crippen LogP contribution in [0.2, 0.25) is 0 Å².